The Morgan fingerprint density at radius 1 is 0.667 bits per heavy atom. The average Bonchev–Trinajstić information content (AvgIpc) is 2.79. The molecule has 0 bridgehead atoms. The average molecular weight is 483 g/mol. The Kier molecular flexibility index (Phi) is 17.5. The van der Waals surface area contributed by atoms with Gasteiger partial charge in [0, 0.05) is 6.42 Å². The molecule has 0 saturated carbocycles. The fourth-order valence-electron chi connectivity index (χ4n) is 4.50. The van der Waals surface area contributed by atoms with Crippen molar-refractivity contribution in [1.82, 2.24) is 0 Å². The fraction of sp³-hybridized carbons (Fsp3) is 0.786. The largest absolute Gasteiger partial charge is 0.472 e. The van der Waals surface area contributed by atoms with Crippen LogP contribution in [0, 0.1) is 5.92 Å². The van der Waals surface area contributed by atoms with Crippen LogP contribution in [0.3, 0.4) is 0 Å². The van der Waals surface area contributed by atoms with Crippen molar-refractivity contribution < 1.29 is 17.7 Å². The summed E-state index contributed by atoms with van der Waals surface area (Å²) in [6.07, 6.45) is 21.5. The lowest BCUT2D eigenvalue weighted by Gasteiger charge is -2.21. The van der Waals surface area contributed by atoms with Gasteiger partial charge in [-0.15, -0.1) is 0 Å². The van der Waals surface area contributed by atoms with Crippen molar-refractivity contribution in [2.75, 3.05) is 0 Å². The van der Waals surface area contributed by atoms with E-state index in [1.165, 1.54) is 89.9 Å². The number of benzene rings is 1. The number of hydrogen-bond acceptors (Lipinski definition) is 3. The van der Waals surface area contributed by atoms with E-state index in [1.807, 2.05) is 6.07 Å². The lowest BCUT2D eigenvalue weighted by atomic mass is 9.90. The molecular weight excluding hydrogens is 432 g/mol. The lowest BCUT2D eigenvalue weighted by molar-refractivity contribution is 0.227. The van der Waals surface area contributed by atoms with E-state index in [4.69, 9.17) is 4.74 Å². The molecule has 0 aliphatic heterocycles. The molecule has 1 aromatic carbocycles. The topological polar surface area (TPSA) is 63.6 Å². The van der Waals surface area contributed by atoms with E-state index in [9.17, 15) is 13.0 Å². The van der Waals surface area contributed by atoms with Crippen molar-refractivity contribution in [3.05, 3.63) is 30.3 Å². The minimum absolute atomic E-state index is 0.339. The molecule has 0 spiro atoms. The third kappa shape index (κ3) is 16.2. The summed E-state index contributed by atoms with van der Waals surface area (Å²) in [6, 6.07) is 8.93. The third-order valence-corrected chi connectivity index (χ3v) is 7.58. The normalized spacial score (nSPS) is 12.8. The second-order valence-corrected chi connectivity index (χ2v) is 11.2. The summed E-state index contributed by atoms with van der Waals surface area (Å²) in [4.78, 5) is 0. The summed E-state index contributed by atoms with van der Waals surface area (Å²) in [7, 11) is -4.26. The Bertz CT molecular complexity index is 642. The molecule has 0 aliphatic rings. The number of para-hydroxylation sites is 1. The smallest absolute Gasteiger partial charge is 0.303 e. The van der Waals surface area contributed by atoms with Gasteiger partial charge in [-0.3, -0.25) is 4.55 Å². The molecule has 1 atom stereocenters. The maximum atomic E-state index is 11.9. The minimum Gasteiger partial charge on any atom is -0.472 e. The van der Waals surface area contributed by atoms with Crippen LogP contribution in [0.1, 0.15) is 129 Å². The first kappa shape index (κ1) is 30.0. The zero-order valence-corrected chi connectivity index (χ0v) is 22.2. The fourth-order valence-corrected chi connectivity index (χ4v) is 5.17. The standard InChI is InChI=1S/C28H50O4S/c1-3-5-7-9-11-13-16-20-26(21-17-14-12-10-8-6-4-2)24-25-28(33(29,30)31)32-27-22-18-15-19-23-27/h15,18-19,22-23,26,28H,3-14,16-17,20-21,24-25H2,1-2H3,(H,29,30,31). The van der Waals surface area contributed by atoms with Gasteiger partial charge in [-0.2, -0.15) is 8.42 Å². The quantitative estimate of drug-likeness (QED) is 0.132. The SMILES string of the molecule is CCCCCCCCCC(CCCCCCCCC)CCC(Oc1ccccc1)S(=O)(=O)O. The molecule has 0 fully saturated rings. The zero-order chi connectivity index (χ0) is 24.2. The summed E-state index contributed by atoms with van der Waals surface area (Å²) in [5.74, 6) is 0.982. The Morgan fingerprint density at radius 2 is 1.12 bits per heavy atom. The molecule has 0 aliphatic carbocycles. The molecule has 0 aromatic heterocycles. The molecule has 4 nitrogen and oxygen atoms in total. The van der Waals surface area contributed by atoms with Gasteiger partial charge in [0.25, 0.3) is 0 Å². The Hall–Kier alpha value is -1.07. The number of hydrogen-bond donors (Lipinski definition) is 1. The van der Waals surface area contributed by atoms with Gasteiger partial charge in [-0.1, -0.05) is 135 Å². The highest BCUT2D eigenvalue weighted by Gasteiger charge is 2.26. The van der Waals surface area contributed by atoms with Gasteiger partial charge >= 0.3 is 10.1 Å². The van der Waals surface area contributed by atoms with Gasteiger partial charge in [0.1, 0.15) is 5.75 Å². The van der Waals surface area contributed by atoms with Gasteiger partial charge in [-0.25, -0.2) is 0 Å². The molecule has 1 N–H and O–H groups in total. The summed E-state index contributed by atoms with van der Waals surface area (Å²) in [5.41, 5.74) is -1.19. The predicted octanol–water partition coefficient (Wildman–Crippen LogP) is 8.96. The molecule has 0 saturated heterocycles. The first-order valence-corrected chi connectivity index (χ1v) is 15.2. The highest BCUT2D eigenvalue weighted by Crippen LogP contribution is 2.26. The van der Waals surface area contributed by atoms with Gasteiger partial charge in [0.05, 0.1) is 0 Å². The van der Waals surface area contributed by atoms with Gasteiger partial charge < -0.3 is 4.74 Å². The predicted molar refractivity (Wildman–Crippen MR) is 140 cm³/mol. The Balaban J connectivity index is 2.50. The second-order valence-electron chi connectivity index (χ2n) is 9.64. The molecule has 1 rings (SSSR count). The van der Waals surface area contributed by atoms with Crippen molar-refractivity contribution in [2.24, 2.45) is 5.92 Å². The van der Waals surface area contributed by atoms with Gasteiger partial charge in [0.2, 0.25) is 5.44 Å². The Labute approximate surface area is 204 Å². The van der Waals surface area contributed by atoms with E-state index in [2.05, 4.69) is 13.8 Å². The molecule has 1 aromatic rings. The van der Waals surface area contributed by atoms with Crippen molar-refractivity contribution in [2.45, 2.75) is 135 Å². The molecule has 0 amide bonds. The number of ether oxygens (including phenoxy) is 1. The highest BCUT2D eigenvalue weighted by molar-refractivity contribution is 7.86. The molecule has 0 radical (unpaired) electrons. The monoisotopic (exact) mass is 482 g/mol. The molecule has 33 heavy (non-hydrogen) atoms. The van der Waals surface area contributed by atoms with Crippen LogP contribution in [0.4, 0.5) is 0 Å². The zero-order valence-electron chi connectivity index (χ0n) is 21.3. The summed E-state index contributed by atoms with van der Waals surface area (Å²) < 4.78 is 39.3. The highest BCUT2D eigenvalue weighted by atomic mass is 32.2. The number of rotatable bonds is 22. The second kappa shape index (κ2) is 19.3. The number of unbranched alkanes of at least 4 members (excludes halogenated alkanes) is 12. The maximum Gasteiger partial charge on any atom is 0.303 e. The van der Waals surface area contributed by atoms with Crippen LogP contribution in [0.2, 0.25) is 0 Å². The van der Waals surface area contributed by atoms with Crippen LogP contribution in [-0.4, -0.2) is 18.4 Å². The molecule has 5 heteroatoms. The van der Waals surface area contributed by atoms with Gasteiger partial charge in [0.15, 0.2) is 0 Å². The van der Waals surface area contributed by atoms with Crippen LogP contribution < -0.4 is 4.74 Å². The van der Waals surface area contributed by atoms with Crippen molar-refractivity contribution >= 4 is 10.1 Å². The molecule has 0 heterocycles. The van der Waals surface area contributed by atoms with E-state index in [0.717, 1.165) is 19.3 Å². The summed E-state index contributed by atoms with van der Waals surface area (Å²) in [5, 5.41) is 0. The van der Waals surface area contributed by atoms with E-state index in [-0.39, 0.29) is 0 Å². The van der Waals surface area contributed by atoms with Crippen molar-refractivity contribution in [3.8, 4) is 5.75 Å². The molecule has 192 valence electrons. The Morgan fingerprint density at radius 3 is 1.58 bits per heavy atom. The van der Waals surface area contributed by atoms with E-state index >= 15 is 0 Å². The minimum atomic E-state index is -4.26. The first-order valence-electron chi connectivity index (χ1n) is 13.6. The van der Waals surface area contributed by atoms with Crippen LogP contribution in [0.15, 0.2) is 30.3 Å². The maximum absolute atomic E-state index is 11.9. The lowest BCUT2D eigenvalue weighted by Crippen LogP contribution is -2.27. The van der Waals surface area contributed by atoms with Crippen LogP contribution >= 0.6 is 0 Å². The summed E-state index contributed by atoms with van der Waals surface area (Å²) in [6.45, 7) is 4.49. The third-order valence-electron chi connectivity index (χ3n) is 6.59. The van der Waals surface area contributed by atoms with Gasteiger partial charge in [-0.05, 0) is 24.5 Å². The summed E-state index contributed by atoms with van der Waals surface area (Å²) >= 11 is 0. The van der Waals surface area contributed by atoms with Crippen LogP contribution in [-0.2, 0) is 10.1 Å². The van der Waals surface area contributed by atoms with Crippen LogP contribution in [0.25, 0.3) is 0 Å². The van der Waals surface area contributed by atoms with E-state index in [0.29, 0.717) is 18.1 Å². The van der Waals surface area contributed by atoms with E-state index in [1.54, 1.807) is 24.3 Å². The molecular formula is C28H50O4S. The van der Waals surface area contributed by atoms with Crippen molar-refractivity contribution in [1.29, 1.82) is 0 Å². The van der Waals surface area contributed by atoms with Crippen molar-refractivity contribution in [3.63, 3.8) is 0 Å². The van der Waals surface area contributed by atoms with Crippen LogP contribution in [0.5, 0.6) is 5.75 Å². The first-order chi connectivity index (χ1) is 16.0. The molecule has 1 unspecified atom stereocenters. The van der Waals surface area contributed by atoms with E-state index < -0.39 is 15.6 Å².